The van der Waals surface area contributed by atoms with Crippen molar-refractivity contribution >= 4 is 38.3 Å². The number of rotatable bonds is 1. The van der Waals surface area contributed by atoms with E-state index in [9.17, 15) is 9.59 Å². The second-order valence-corrected chi connectivity index (χ2v) is 6.25. The van der Waals surface area contributed by atoms with Gasteiger partial charge in [0.05, 0.1) is 4.53 Å². The van der Waals surface area contributed by atoms with Crippen LogP contribution in [0.5, 0.6) is 0 Å². The van der Waals surface area contributed by atoms with Crippen molar-refractivity contribution in [2.45, 2.75) is 6.92 Å². The highest BCUT2D eigenvalue weighted by atomic mass is 79.9. The molecule has 0 aliphatic rings. The summed E-state index contributed by atoms with van der Waals surface area (Å²) in [5.74, 6) is 0. The second kappa shape index (κ2) is 4.96. The summed E-state index contributed by atoms with van der Waals surface area (Å²) in [6.45, 7) is 1.73. The van der Waals surface area contributed by atoms with Crippen LogP contribution in [0.15, 0.2) is 44.4 Å². The normalized spacial score (nSPS) is 12.2. The Balaban J connectivity index is 2.30. The van der Waals surface area contributed by atoms with E-state index in [1.54, 1.807) is 13.0 Å². The number of aromatic nitrogens is 2. The molecule has 0 aliphatic carbocycles. The van der Waals surface area contributed by atoms with Crippen LogP contribution in [-0.2, 0) is 0 Å². The van der Waals surface area contributed by atoms with Gasteiger partial charge in [-0.25, -0.2) is 0 Å². The molecule has 100 valence electrons. The molecule has 0 saturated heterocycles. The first-order valence-corrected chi connectivity index (χ1v) is 7.46. The first-order chi connectivity index (χ1) is 9.54. The third-order valence-electron chi connectivity index (χ3n) is 2.87. The largest absolute Gasteiger partial charge is 0.274 e. The van der Waals surface area contributed by atoms with Crippen molar-refractivity contribution in [3.05, 3.63) is 71.3 Å². The van der Waals surface area contributed by atoms with Crippen molar-refractivity contribution in [1.29, 1.82) is 0 Å². The molecule has 3 aromatic rings. The summed E-state index contributed by atoms with van der Waals surface area (Å²) >= 11 is 4.59. The molecule has 0 amide bonds. The van der Waals surface area contributed by atoms with Crippen LogP contribution in [0, 0.1) is 6.92 Å². The number of hydrogen-bond donors (Lipinski definition) is 0. The van der Waals surface area contributed by atoms with Gasteiger partial charge in [0.1, 0.15) is 0 Å². The minimum absolute atomic E-state index is 0.141. The zero-order chi connectivity index (χ0) is 14.3. The predicted molar refractivity (Wildman–Crippen MR) is 83.3 cm³/mol. The van der Waals surface area contributed by atoms with Crippen molar-refractivity contribution < 1.29 is 0 Å². The van der Waals surface area contributed by atoms with Gasteiger partial charge in [-0.3, -0.25) is 14.0 Å². The Bertz CT molecular complexity index is 958. The monoisotopic (exact) mass is 348 g/mol. The van der Waals surface area contributed by atoms with E-state index in [1.165, 1.54) is 21.8 Å². The Kier molecular flexibility index (Phi) is 3.27. The Morgan fingerprint density at radius 2 is 1.95 bits per heavy atom. The fraction of sp³-hybridized carbons (Fsp3) is 0.0714. The molecule has 0 spiro atoms. The van der Waals surface area contributed by atoms with Crippen molar-refractivity contribution in [2.24, 2.45) is 0 Å². The SMILES string of the molecule is Cc1cc(=O)nc2s/c(=C\c3ccc(Br)cc3)c(=O)n12. The topological polar surface area (TPSA) is 51.4 Å². The smallest absolute Gasteiger partial charge is 0.267 e. The summed E-state index contributed by atoms with van der Waals surface area (Å²) in [5, 5.41) is 0. The lowest BCUT2D eigenvalue weighted by molar-refractivity contribution is 0.998. The summed E-state index contributed by atoms with van der Waals surface area (Å²) in [5.41, 5.74) is 1.08. The molecule has 4 nitrogen and oxygen atoms in total. The number of fused-ring (bicyclic) bond motifs is 1. The Labute approximate surface area is 126 Å². The Morgan fingerprint density at radius 3 is 2.65 bits per heavy atom. The van der Waals surface area contributed by atoms with E-state index >= 15 is 0 Å². The molecule has 0 aliphatic heterocycles. The lowest BCUT2D eigenvalue weighted by Gasteiger charge is -1.93. The minimum atomic E-state index is -0.320. The van der Waals surface area contributed by atoms with Crippen molar-refractivity contribution in [3.8, 4) is 0 Å². The van der Waals surface area contributed by atoms with Crippen LogP contribution < -0.4 is 15.7 Å². The van der Waals surface area contributed by atoms with Gasteiger partial charge in [0.25, 0.3) is 11.1 Å². The van der Waals surface area contributed by atoms with Gasteiger partial charge in [0, 0.05) is 16.2 Å². The molecule has 0 saturated carbocycles. The highest BCUT2D eigenvalue weighted by Crippen LogP contribution is 2.11. The summed E-state index contributed by atoms with van der Waals surface area (Å²) in [4.78, 5) is 28.0. The molecule has 1 aromatic carbocycles. The quantitative estimate of drug-likeness (QED) is 0.673. The van der Waals surface area contributed by atoms with E-state index in [1.807, 2.05) is 24.3 Å². The summed E-state index contributed by atoms with van der Waals surface area (Å²) < 4.78 is 3.02. The standard InChI is InChI=1S/C14H9BrN2O2S/c1-8-6-12(18)16-14-17(8)13(19)11(20-14)7-9-2-4-10(15)5-3-9/h2-7H,1H3/b11-7-. The van der Waals surface area contributed by atoms with Crippen LogP contribution in [0.2, 0.25) is 0 Å². The predicted octanol–water partition coefficient (Wildman–Crippen LogP) is 1.73. The van der Waals surface area contributed by atoms with Crippen LogP contribution >= 0.6 is 27.3 Å². The molecule has 3 rings (SSSR count). The van der Waals surface area contributed by atoms with Crippen LogP contribution in [-0.4, -0.2) is 9.38 Å². The van der Waals surface area contributed by atoms with Gasteiger partial charge in [-0.2, -0.15) is 4.98 Å². The Hall–Kier alpha value is -1.79. The minimum Gasteiger partial charge on any atom is -0.267 e. The van der Waals surface area contributed by atoms with E-state index in [4.69, 9.17) is 0 Å². The zero-order valence-corrected chi connectivity index (χ0v) is 12.9. The number of nitrogens with zero attached hydrogens (tertiary/aromatic N) is 2. The third kappa shape index (κ3) is 2.32. The van der Waals surface area contributed by atoms with E-state index in [2.05, 4.69) is 20.9 Å². The molecule has 0 radical (unpaired) electrons. The van der Waals surface area contributed by atoms with Crippen molar-refractivity contribution in [3.63, 3.8) is 0 Å². The van der Waals surface area contributed by atoms with E-state index in [0.29, 0.717) is 15.2 Å². The molecule has 0 N–H and O–H groups in total. The zero-order valence-electron chi connectivity index (χ0n) is 10.5. The molecule has 0 fully saturated rings. The third-order valence-corrected chi connectivity index (χ3v) is 4.36. The fourth-order valence-corrected chi connectivity index (χ4v) is 3.23. The molecule has 0 unspecified atom stereocenters. The highest BCUT2D eigenvalue weighted by Gasteiger charge is 2.07. The first-order valence-electron chi connectivity index (χ1n) is 5.85. The Morgan fingerprint density at radius 1 is 1.25 bits per heavy atom. The number of hydrogen-bond acceptors (Lipinski definition) is 4. The van der Waals surface area contributed by atoms with Crippen LogP contribution in [0.1, 0.15) is 11.3 Å². The maximum atomic E-state index is 12.3. The first kappa shape index (κ1) is 13.2. The number of halogens is 1. The average molecular weight is 349 g/mol. The molecule has 0 atom stereocenters. The van der Waals surface area contributed by atoms with Gasteiger partial charge in [0.2, 0.25) is 4.96 Å². The molecule has 2 heterocycles. The summed E-state index contributed by atoms with van der Waals surface area (Å²) in [6, 6.07) is 9.02. The maximum Gasteiger partial charge on any atom is 0.274 e. The van der Waals surface area contributed by atoms with E-state index in [-0.39, 0.29) is 11.1 Å². The maximum absolute atomic E-state index is 12.3. The average Bonchev–Trinajstić information content (AvgIpc) is 2.69. The molecule has 20 heavy (non-hydrogen) atoms. The second-order valence-electron chi connectivity index (χ2n) is 4.32. The van der Waals surface area contributed by atoms with Gasteiger partial charge >= 0.3 is 0 Å². The van der Waals surface area contributed by atoms with Crippen molar-refractivity contribution in [1.82, 2.24) is 9.38 Å². The number of benzene rings is 1. The lowest BCUT2D eigenvalue weighted by atomic mass is 10.2. The van der Waals surface area contributed by atoms with Gasteiger partial charge in [-0.1, -0.05) is 39.4 Å². The van der Waals surface area contributed by atoms with Gasteiger partial charge in [-0.05, 0) is 30.7 Å². The number of thiazole rings is 1. The molecule has 0 bridgehead atoms. The highest BCUT2D eigenvalue weighted by molar-refractivity contribution is 9.10. The molecular weight excluding hydrogens is 340 g/mol. The van der Waals surface area contributed by atoms with Crippen LogP contribution in [0.3, 0.4) is 0 Å². The fourth-order valence-electron chi connectivity index (χ4n) is 1.94. The molecule has 2 aromatic heterocycles. The molecule has 6 heteroatoms. The summed E-state index contributed by atoms with van der Waals surface area (Å²) in [7, 11) is 0. The van der Waals surface area contributed by atoms with Crippen LogP contribution in [0.4, 0.5) is 0 Å². The van der Waals surface area contributed by atoms with Gasteiger partial charge < -0.3 is 0 Å². The van der Waals surface area contributed by atoms with E-state index in [0.717, 1.165) is 10.0 Å². The van der Waals surface area contributed by atoms with Crippen LogP contribution in [0.25, 0.3) is 11.0 Å². The molecular formula is C14H9BrN2O2S. The van der Waals surface area contributed by atoms with E-state index < -0.39 is 0 Å². The van der Waals surface area contributed by atoms with Gasteiger partial charge in [0.15, 0.2) is 0 Å². The van der Waals surface area contributed by atoms with Gasteiger partial charge in [-0.15, -0.1) is 0 Å². The summed E-state index contributed by atoms with van der Waals surface area (Å²) in [6.07, 6.45) is 1.80. The number of aryl methyl sites for hydroxylation is 1. The lowest BCUT2D eigenvalue weighted by Crippen LogP contribution is -2.25. The van der Waals surface area contributed by atoms with Crippen molar-refractivity contribution in [2.75, 3.05) is 0 Å².